The topological polar surface area (TPSA) is 64.3 Å². The summed E-state index contributed by atoms with van der Waals surface area (Å²) in [7, 11) is 1.43. The average molecular weight is 381 g/mol. The van der Waals surface area contributed by atoms with Gasteiger partial charge in [0.05, 0.1) is 7.11 Å². The number of anilines is 1. The molecule has 136 valence electrons. The second-order valence-electron chi connectivity index (χ2n) is 5.52. The van der Waals surface area contributed by atoms with Crippen molar-refractivity contribution < 1.29 is 9.53 Å². The van der Waals surface area contributed by atoms with Crippen LogP contribution in [0.5, 0.6) is 0 Å². The van der Waals surface area contributed by atoms with Crippen LogP contribution in [0.3, 0.4) is 0 Å². The third kappa shape index (κ3) is 6.27. The quantitative estimate of drug-likeness (QED) is 0.539. The molecule has 0 fully saturated rings. The van der Waals surface area contributed by atoms with Crippen molar-refractivity contribution in [3.05, 3.63) is 54.1 Å². The molecule has 4 nitrogen and oxygen atoms in total. The zero-order chi connectivity index (χ0) is 17.4. The van der Waals surface area contributed by atoms with Crippen molar-refractivity contribution in [3.8, 4) is 11.1 Å². The predicted octanol–water partition coefficient (Wildman–Crippen LogP) is 3.74. The fourth-order valence-corrected chi connectivity index (χ4v) is 3.02. The van der Waals surface area contributed by atoms with Gasteiger partial charge in [-0.25, -0.2) is 0 Å². The Morgan fingerprint density at radius 3 is 2.60 bits per heavy atom. The number of hydrogen-bond acceptors (Lipinski definition) is 5. The minimum atomic E-state index is -0.302. The Balaban J connectivity index is 0.00000312. The van der Waals surface area contributed by atoms with E-state index in [0.717, 1.165) is 34.6 Å². The third-order valence-corrected chi connectivity index (χ3v) is 4.50. The fourth-order valence-electron chi connectivity index (χ4n) is 2.55. The minimum Gasteiger partial charge on any atom is -0.468 e. The number of hydrogen-bond donors (Lipinski definition) is 2. The Morgan fingerprint density at radius 2 is 1.96 bits per heavy atom. The molecule has 0 radical (unpaired) electrons. The molecular weight excluding hydrogens is 356 g/mol. The molecule has 3 N–H and O–H groups in total. The molecule has 2 aromatic rings. The molecule has 0 amide bonds. The van der Waals surface area contributed by atoms with E-state index in [4.69, 9.17) is 10.5 Å². The summed E-state index contributed by atoms with van der Waals surface area (Å²) in [6, 6.07) is 15.7. The lowest BCUT2D eigenvalue weighted by Crippen LogP contribution is -2.37. The van der Waals surface area contributed by atoms with Crippen molar-refractivity contribution in [1.29, 1.82) is 0 Å². The summed E-state index contributed by atoms with van der Waals surface area (Å²) < 4.78 is 4.90. The van der Waals surface area contributed by atoms with Crippen LogP contribution in [-0.2, 0) is 16.1 Å². The zero-order valence-electron chi connectivity index (χ0n) is 14.5. The van der Waals surface area contributed by atoms with E-state index in [1.54, 1.807) is 11.8 Å². The van der Waals surface area contributed by atoms with Gasteiger partial charge in [0.1, 0.15) is 6.04 Å². The van der Waals surface area contributed by atoms with Crippen LogP contribution in [0.4, 0.5) is 5.69 Å². The van der Waals surface area contributed by atoms with Crippen molar-refractivity contribution in [3.63, 3.8) is 0 Å². The van der Waals surface area contributed by atoms with Crippen molar-refractivity contribution in [2.45, 2.75) is 19.0 Å². The zero-order valence-corrected chi connectivity index (χ0v) is 16.2. The van der Waals surface area contributed by atoms with Gasteiger partial charge < -0.3 is 15.8 Å². The Bertz CT molecular complexity index is 668. The molecule has 0 aromatic heterocycles. The predicted molar refractivity (Wildman–Crippen MR) is 109 cm³/mol. The van der Waals surface area contributed by atoms with E-state index in [1.807, 2.05) is 42.7 Å². The number of nitrogens with two attached hydrogens (primary N) is 1. The summed E-state index contributed by atoms with van der Waals surface area (Å²) in [6.07, 6.45) is 2.77. The number of esters is 1. The van der Waals surface area contributed by atoms with Gasteiger partial charge in [0.25, 0.3) is 0 Å². The molecule has 1 atom stereocenters. The summed E-state index contributed by atoms with van der Waals surface area (Å²) in [4.78, 5) is 11.9. The Kier molecular flexibility index (Phi) is 9.42. The fraction of sp³-hybridized carbons (Fsp3) is 0.316. The molecule has 2 aromatic carbocycles. The van der Waals surface area contributed by atoms with Gasteiger partial charge >= 0.3 is 5.97 Å². The average Bonchev–Trinajstić information content (AvgIpc) is 2.62. The first-order valence-corrected chi connectivity index (χ1v) is 9.29. The van der Waals surface area contributed by atoms with E-state index >= 15 is 0 Å². The number of rotatable bonds is 8. The molecule has 6 heteroatoms. The molecule has 0 saturated carbocycles. The van der Waals surface area contributed by atoms with Gasteiger partial charge in [-0.2, -0.15) is 11.8 Å². The highest BCUT2D eigenvalue weighted by Gasteiger charge is 2.18. The van der Waals surface area contributed by atoms with Gasteiger partial charge in [-0.15, -0.1) is 12.4 Å². The minimum absolute atomic E-state index is 0. The highest BCUT2D eigenvalue weighted by molar-refractivity contribution is 7.98. The molecule has 0 aliphatic carbocycles. The number of methoxy groups -OCH3 is 1. The van der Waals surface area contributed by atoms with E-state index < -0.39 is 0 Å². The van der Waals surface area contributed by atoms with Crippen molar-refractivity contribution in [2.24, 2.45) is 0 Å². The number of thioether (sulfide) groups is 1. The maximum absolute atomic E-state index is 11.9. The summed E-state index contributed by atoms with van der Waals surface area (Å²) in [5.74, 6) is 0.681. The maximum atomic E-state index is 11.9. The highest BCUT2D eigenvalue weighted by atomic mass is 35.5. The number of carbonyl (C=O) groups excluding carboxylic acids is 1. The Hall–Kier alpha value is -1.69. The second-order valence-corrected chi connectivity index (χ2v) is 6.51. The summed E-state index contributed by atoms with van der Waals surface area (Å²) in [6.45, 7) is 0.582. The number of benzene rings is 2. The second kappa shape index (κ2) is 11.0. The van der Waals surface area contributed by atoms with Crippen LogP contribution in [0.15, 0.2) is 48.5 Å². The Morgan fingerprint density at radius 1 is 1.24 bits per heavy atom. The van der Waals surface area contributed by atoms with Crippen LogP contribution < -0.4 is 11.1 Å². The van der Waals surface area contributed by atoms with Crippen LogP contribution in [0.1, 0.15) is 12.0 Å². The SMILES string of the molecule is COC(=O)C(CCSC)NCc1ccc(N)cc1-c1ccccc1.Cl. The highest BCUT2D eigenvalue weighted by Crippen LogP contribution is 2.26. The van der Waals surface area contributed by atoms with Crippen molar-refractivity contribution >= 4 is 35.8 Å². The molecule has 0 aliphatic rings. The Labute approximate surface area is 159 Å². The van der Waals surface area contributed by atoms with Gasteiger partial charge in [-0.1, -0.05) is 36.4 Å². The van der Waals surface area contributed by atoms with Crippen LogP contribution in [0.2, 0.25) is 0 Å². The molecular formula is C19H25ClN2O2S. The van der Waals surface area contributed by atoms with Gasteiger partial charge in [-0.05, 0) is 47.3 Å². The largest absolute Gasteiger partial charge is 0.468 e. The lowest BCUT2D eigenvalue weighted by Gasteiger charge is -2.18. The van der Waals surface area contributed by atoms with E-state index in [0.29, 0.717) is 6.54 Å². The molecule has 0 heterocycles. The van der Waals surface area contributed by atoms with E-state index in [9.17, 15) is 4.79 Å². The lowest BCUT2D eigenvalue weighted by atomic mass is 9.98. The number of nitrogens with one attached hydrogen (secondary N) is 1. The number of halogens is 1. The molecule has 2 rings (SSSR count). The summed E-state index contributed by atoms with van der Waals surface area (Å²) >= 11 is 1.72. The van der Waals surface area contributed by atoms with Gasteiger partial charge in [0.2, 0.25) is 0 Å². The number of carbonyl (C=O) groups is 1. The first-order chi connectivity index (χ1) is 11.7. The molecule has 0 aliphatic heterocycles. The smallest absolute Gasteiger partial charge is 0.322 e. The molecule has 1 unspecified atom stereocenters. The molecule has 0 bridgehead atoms. The third-order valence-electron chi connectivity index (χ3n) is 3.85. The monoisotopic (exact) mass is 380 g/mol. The number of nitrogen functional groups attached to an aromatic ring is 1. The van der Waals surface area contributed by atoms with Crippen LogP contribution in [0, 0.1) is 0 Å². The summed E-state index contributed by atoms with van der Waals surface area (Å²) in [5.41, 5.74) is 9.98. The van der Waals surface area contributed by atoms with Crippen molar-refractivity contribution in [1.82, 2.24) is 5.32 Å². The first kappa shape index (κ1) is 21.4. The normalized spacial score (nSPS) is 11.4. The first-order valence-electron chi connectivity index (χ1n) is 7.89. The van der Waals surface area contributed by atoms with Gasteiger partial charge in [0, 0.05) is 12.2 Å². The van der Waals surface area contributed by atoms with Crippen LogP contribution in [-0.4, -0.2) is 31.1 Å². The van der Waals surface area contributed by atoms with Gasteiger partial charge in [0.15, 0.2) is 0 Å². The molecule has 0 spiro atoms. The summed E-state index contributed by atoms with van der Waals surface area (Å²) in [5, 5.41) is 3.32. The van der Waals surface area contributed by atoms with E-state index in [1.165, 1.54) is 7.11 Å². The van der Waals surface area contributed by atoms with Gasteiger partial charge in [-0.3, -0.25) is 4.79 Å². The lowest BCUT2D eigenvalue weighted by molar-refractivity contribution is -0.143. The molecule has 25 heavy (non-hydrogen) atoms. The standard InChI is InChI=1S/C19H24N2O2S.ClH/c1-23-19(22)18(10-11-24-2)21-13-15-8-9-16(20)12-17(15)14-6-4-3-5-7-14;/h3-9,12,18,21H,10-11,13,20H2,1-2H3;1H. The van der Waals surface area contributed by atoms with E-state index in [2.05, 4.69) is 17.4 Å². The van der Waals surface area contributed by atoms with Crippen LogP contribution in [0.25, 0.3) is 11.1 Å². The maximum Gasteiger partial charge on any atom is 0.322 e. The number of ether oxygens (including phenoxy) is 1. The van der Waals surface area contributed by atoms with Crippen LogP contribution >= 0.6 is 24.2 Å². The van der Waals surface area contributed by atoms with Crippen molar-refractivity contribution in [2.75, 3.05) is 24.9 Å². The van der Waals surface area contributed by atoms with E-state index in [-0.39, 0.29) is 24.4 Å². The molecule has 0 saturated heterocycles.